The van der Waals surface area contributed by atoms with Crippen LogP contribution in [0.5, 0.6) is 0 Å². The summed E-state index contributed by atoms with van der Waals surface area (Å²) in [7, 11) is 0. The minimum absolute atomic E-state index is 0.0446. The van der Waals surface area contributed by atoms with Crippen LogP contribution in [0.15, 0.2) is 30.5 Å². The molecule has 130 valence electrons. The summed E-state index contributed by atoms with van der Waals surface area (Å²) in [5, 5.41) is 30.4. The van der Waals surface area contributed by atoms with E-state index in [-0.39, 0.29) is 19.3 Å². The molecule has 1 heterocycles. The Labute approximate surface area is 138 Å². The number of aromatic nitrogens is 1. The number of nitrogens with two attached hydrogens (primary N) is 1. The third kappa shape index (κ3) is 4.54. The molecule has 2 atom stereocenters. The van der Waals surface area contributed by atoms with Crippen LogP contribution < -0.4 is 11.1 Å². The van der Waals surface area contributed by atoms with Crippen molar-refractivity contribution in [3.05, 3.63) is 36.0 Å². The maximum absolute atomic E-state index is 11.9. The van der Waals surface area contributed by atoms with Gasteiger partial charge in [0.05, 0.1) is 6.04 Å². The number of H-pyrrole nitrogens is 1. The number of carboxylic acids is 1. The number of para-hydroxylation sites is 1. The van der Waals surface area contributed by atoms with E-state index in [1.165, 1.54) is 0 Å². The molecule has 0 fully saturated rings. The number of carbonyl (C=O) groups is 2. The van der Waals surface area contributed by atoms with Gasteiger partial charge in [0.15, 0.2) is 6.29 Å². The van der Waals surface area contributed by atoms with Gasteiger partial charge < -0.3 is 31.4 Å². The lowest BCUT2D eigenvalue weighted by atomic mass is 10.0. The minimum Gasteiger partial charge on any atom is -0.480 e. The monoisotopic (exact) mass is 335 g/mol. The molecule has 2 rings (SSSR count). The van der Waals surface area contributed by atoms with Crippen LogP contribution in [-0.4, -0.2) is 50.6 Å². The Morgan fingerprint density at radius 3 is 2.62 bits per heavy atom. The predicted octanol–water partition coefficient (Wildman–Crippen LogP) is -0.302. The lowest BCUT2D eigenvalue weighted by Crippen LogP contribution is -2.43. The number of rotatable bonds is 8. The summed E-state index contributed by atoms with van der Waals surface area (Å²) in [5.74, 6) is -1.64. The molecule has 0 radical (unpaired) electrons. The second-order valence-electron chi connectivity index (χ2n) is 5.64. The standard InChI is InChI=1S/C16H21N3O5/c17-11(15(21)22)5-6-14(20)19-13(16(23)24)7-9-8-18-12-4-2-1-3-10(9)12/h1-4,8,11,13,15,18,21-22H,5-7,17H2,(H,19,20)(H,23,24)/t11-,13+/m1/s1. The fourth-order valence-corrected chi connectivity index (χ4v) is 2.43. The largest absolute Gasteiger partial charge is 0.480 e. The summed E-state index contributed by atoms with van der Waals surface area (Å²) in [4.78, 5) is 26.4. The van der Waals surface area contributed by atoms with E-state index in [0.717, 1.165) is 16.5 Å². The van der Waals surface area contributed by atoms with Crippen molar-refractivity contribution in [1.29, 1.82) is 0 Å². The van der Waals surface area contributed by atoms with Gasteiger partial charge in [-0.2, -0.15) is 0 Å². The smallest absolute Gasteiger partial charge is 0.326 e. The average molecular weight is 335 g/mol. The van der Waals surface area contributed by atoms with Gasteiger partial charge in [0.1, 0.15) is 6.04 Å². The molecular formula is C16H21N3O5. The third-order valence-electron chi connectivity index (χ3n) is 3.82. The Morgan fingerprint density at radius 2 is 1.96 bits per heavy atom. The van der Waals surface area contributed by atoms with E-state index in [4.69, 9.17) is 15.9 Å². The number of carboxylic acid groups (broad SMARTS) is 1. The third-order valence-corrected chi connectivity index (χ3v) is 3.82. The summed E-state index contributed by atoms with van der Waals surface area (Å²) < 4.78 is 0. The number of nitrogens with one attached hydrogen (secondary N) is 2. The highest BCUT2D eigenvalue weighted by Gasteiger charge is 2.22. The van der Waals surface area contributed by atoms with E-state index in [1.807, 2.05) is 24.3 Å². The number of hydrogen-bond donors (Lipinski definition) is 6. The van der Waals surface area contributed by atoms with Crippen molar-refractivity contribution in [2.75, 3.05) is 0 Å². The van der Waals surface area contributed by atoms with E-state index in [2.05, 4.69) is 10.3 Å². The first-order valence-electron chi connectivity index (χ1n) is 7.57. The molecule has 0 aliphatic heterocycles. The molecule has 8 nitrogen and oxygen atoms in total. The van der Waals surface area contributed by atoms with Gasteiger partial charge in [0, 0.05) is 29.9 Å². The van der Waals surface area contributed by atoms with Gasteiger partial charge in [0.2, 0.25) is 5.91 Å². The fraction of sp³-hybridized carbons (Fsp3) is 0.375. The number of fused-ring (bicyclic) bond motifs is 1. The molecule has 0 bridgehead atoms. The van der Waals surface area contributed by atoms with Gasteiger partial charge in [-0.1, -0.05) is 18.2 Å². The van der Waals surface area contributed by atoms with Crippen LogP contribution in [0, 0.1) is 0 Å². The van der Waals surface area contributed by atoms with Gasteiger partial charge in [-0.15, -0.1) is 0 Å². The number of aliphatic hydroxyl groups is 2. The summed E-state index contributed by atoms with van der Waals surface area (Å²) in [6.07, 6.45) is 0.114. The Bertz CT molecular complexity index is 713. The molecule has 0 saturated carbocycles. The topological polar surface area (TPSA) is 149 Å². The van der Waals surface area contributed by atoms with Gasteiger partial charge >= 0.3 is 5.97 Å². The number of aromatic amines is 1. The zero-order valence-corrected chi connectivity index (χ0v) is 13.0. The van der Waals surface area contributed by atoms with Crippen molar-refractivity contribution in [3.8, 4) is 0 Å². The molecule has 0 aliphatic carbocycles. The summed E-state index contributed by atoms with van der Waals surface area (Å²) in [6, 6.07) is 5.46. The summed E-state index contributed by atoms with van der Waals surface area (Å²) in [5.41, 5.74) is 7.11. The minimum atomic E-state index is -1.71. The quantitative estimate of drug-likeness (QED) is 0.365. The van der Waals surface area contributed by atoms with Crippen LogP contribution in [0.3, 0.4) is 0 Å². The molecule has 0 unspecified atom stereocenters. The second-order valence-corrected chi connectivity index (χ2v) is 5.64. The number of hydrogen-bond acceptors (Lipinski definition) is 5. The van der Waals surface area contributed by atoms with Gasteiger partial charge in [-0.3, -0.25) is 4.79 Å². The molecule has 0 spiro atoms. The molecule has 0 saturated heterocycles. The maximum atomic E-state index is 11.9. The lowest BCUT2D eigenvalue weighted by molar-refractivity contribution is -0.141. The Kier molecular flexibility index (Phi) is 5.91. The highest BCUT2D eigenvalue weighted by Crippen LogP contribution is 2.19. The molecule has 1 aromatic carbocycles. The van der Waals surface area contributed by atoms with Crippen molar-refractivity contribution in [1.82, 2.24) is 10.3 Å². The number of carbonyl (C=O) groups excluding carboxylic acids is 1. The highest BCUT2D eigenvalue weighted by molar-refractivity contribution is 5.86. The zero-order valence-electron chi connectivity index (χ0n) is 13.0. The van der Waals surface area contributed by atoms with Crippen LogP contribution in [-0.2, 0) is 16.0 Å². The lowest BCUT2D eigenvalue weighted by Gasteiger charge is -2.16. The maximum Gasteiger partial charge on any atom is 0.326 e. The molecular weight excluding hydrogens is 314 g/mol. The predicted molar refractivity (Wildman–Crippen MR) is 87.0 cm³/mol. The van der Waals surface area contributed by atoms with Crippen molar-refractivity contribution in [2.24, 2.45) is 5.73 Å². The first-order valence-corrected chi connectivity index (χ1v) is 7.57. The molecule has 1 aromatic heterocycles. The molecule has 2 aromatic rings. The Hall–Kier alpha value is -2.42. The molecule has 24 heavy (non-hydrogen) atoms. The Morgan fingerprint density at radius 1 is 1.25 bits per heavy atom. The van der Waals surface area contributed by atoms with E-state index >= 15 is 0 Å². The molecule has 7 N–H and O–H groups in total. The second kappa shape index (κ2) is 7.91. The summed E-state index contributed by atoms with van der Waals surface area (Å²) >= 11 is 0. The molecule has 8 heteroatoms. The fourth-order valence-electron chi connectivity index (χ4n) is 2.43. The number of amides is 1. The van der Waals surface area contributed by atoms with E-state index < -0.39 is 30.3 Å². The van der Waals surface area contributed by atoms with Crippen LogP contribution in [0.4, 0.5) is 0 Å². The number of aliphatic carboxylic acids is 1. The van der Waals surface area contributed by atoms with Gasteiger partial charge in [0.25, 0.3) is 0 Å². The first kappa shape index (κ1) is 17.9. The van der Waals surface area contributed by atoms with Crippen molar-refractivity contribution < 1.29 is 24.9 Å². The zero-order chi connectivity index (χ0) is 17.7. The van der Waals surface area contributed by atoms with Crippen LogP contribution in [0.2, 0.25) is 0 Å². The number of benzene rings is 1. The number of aliphatic hydroxyl groups excluding tert-OH is 1. The van der Waals surface area contributed by atoms with Gasteiger partial charge in [-0.25, -0.2) is 4.79 Å². The van der Waals surface area contributed by atoms with Crippen LogP contribution in [0.25, 0.3) is 10.9 Å². The Balaban J connectivity index is 1.99. The van der Waals surface area contributed by atoms with Crippen LogP contribution >= 0.6 is 0 Å². The van der Waals surface area contributed by atoms with E-state index in [9.17, 15) is 14.7 Å². The molecule has 0 aliphatic rings. The normalized spacial score (nSPS) is 13.8. The first-order chi connectivity index (χ1) is 11.4. The highest BCUT2D eigenvalue weighted by atomic mass is 16.5. The van der Waals surface area contributed by atoms with Crippen LogP contribution in [0.1, 0.15) is 18.4 Å². The summed E-state index contributed by atoms with van der Waals surface area (Å²) in [6.45, 7) is 0. The van der Waals surface area contributed by atoms with Crippen molar-refractivity contribution in [3.63, 3.8) is 0 Å². The van der Waals surface area contributed by atoms with Crippen molar-refractivity contribution >= 4 is 22.8 Å². The van der Waals surface area contributed by atoms with E-state index in [1.54, 1.807) is 6.20 Å². The van der Waals surface area contributed by atoms with Gasteiger partial charge in [-0.05, 0) is 18.1 Å². The SMILES string of the molecule is N[C@H](CCC(=O)N[C@@H](Cc1c[nH]c2ccccc12)C(=O)O)C(O)O. The van der Waals surface area contributed by atoms with E-state index in [0.29, 0.717) is 0 Å². The molecule has 1 amide bonds. The average Bonchev–Trinajstić information content (AvgIpc) is 2.95. The van der Waals surface area contributed by atoms with Crippen molar-refractivity contribution in [2.45, 2.75) is 37.6 Å².